The maximum atomic E-state index is 12.7. The number of nitrogens with one attached hydrogen (secondary N) is 2. The summed E-state index contributed by atoms with van der Waals surface area (Å²) in [5.74, 6) is 0.0190. The predicted molar refractivity (Wildman–Crippen MR) is 145 cm³/mol. The Bertz CT molecular complexity index is 1300. The summed E-state index contributed by atoms with van der Waals surface area (Å²) in [4.78, 5) is 26.8. The van der Waals surface area contributed by atoms with E-state index in [0.717, 1.165) is 42.6 Å². The zero-order chi connectivity index (χ0) is 26.3. The Morgan fingerprint density at radius 2 is 1.49 bits per heavy atom. The van der Waals surface area contributed by atoms with Gasteiger partial charge in [-0.25, -0.2) is 13.1 Å². The lowest BCUT2D eigenvalue weighted by Gasteiger charge is -2.15. The number of rotatable bonds is 10. The summed E-state index contributed by atoms with van der Waals surface area (Å²) < 4.78 is 28.2. The Morgan fingerprint density at radius 1 is 0.865 bits per heavy atom. The van der Waals surface area contributed by atoms with E-state index in [2.05, 4.69) is 10.0 Å². The summed E-state index contributed by atoms with van der Waals surface area (Å²) in [6.07, 6.45) is 3.28. The molecule has 8 heteroatoms. The molecule has 1 saturated heterocycles. The molecule has 0 radical (unpaired) electrons. The van der Waals surface area contributed by atoms with Crippen LogP contribution in [0.3, 0.4) is 0 Å². The van der Waals surface area contributed by atoms with Crippen molar-refractivity contribution in [2.24, 2.45) is 0 Å². The van der Waals surface area contributed by atoms with Crippen LogP contribution in [-0.2, 0) is 32.5 Å². The molecule has 0 saturated carbocycles. The molecule has 0 spiro atoms. The number of carbonyl (C=O) groups excluding carboxylic acids is 2. The van der Waals surface area contributed by atoms with Gasteiger partial charge in [0.05, 0.1) is 11.3 Å². The molecule has 4 rings (SSSR count). The van der Waals surface area contributed by atoms with Crippen molar-refractivity contribution in [2.75, 3.05) is 18.4 Å². The van der Waals surface area contributed by atoms with E-state index in [1.165, 1.54) is 0 Å². The van der Waals surface area contributed by atoms with Crippen LogP contribution in [0, 0.1) is 0 Å². The molecule has 1 heterocycles. The molecular formula is C29H33N3O4S. The fourth-order valence-electron chi connectivity index (χ4n) is 4.39. The van der Waals surface area contributed by atoms with Gasteiger partial charge in [-0.3, -0.25) is 9.59 Å². The minimum Gasteiger partial charge on any atom is -0.342 e. The monoisotopic (exact) mass is 519 g/mol. The van der Waals surface area contributed by atoms with E-state index in [-0.39, 0.29) is 29.2 Å². The molecule has 1 fully saturated rings. The third kappa shape index (κ3) is 7.50. The lowest BCUT2D eigenvalue weighted by atomic mass is 10.1. The van der Waals surface area contributed by atoms with Crippen LogP contribution in [-0.4, -0.2) is 38.2 Å². The van der Waals surface area contributed by atoms with Gasteiger partial charge in [-0.15, -0.1) is 0 Å². The minimum absolute atomic E-state index is 0.129. The van der Waals surface area contributed by atoms with Gasteiger partial charge in [-0.05, 0) is 67.1 Å². The summed E-state index contributed by atoms with van der Waals surface area (Å²) >= 11 is 0. The molecule has 3 aromatic rings. The van der Waals surface area contributed by atoms with Crippen LogP contribution in [0.5, 0.6) is 0 Å². The Hall–Kier alpha value is -3.49. The van der Waals surface area contributed by atoms with Gasteiger partial charge in [0.15, 0.2) is 0 Å². The average molecular weight is 520 g/mol. The minimum atomic E-state index is -3.67. The molecule has 1 aliphatic heterocycles. The third-order valence-electron chi connectivity index (χ3n) is 6.56. The number of hydrogen-bond donors (Lipinski definition) is 2. The first-order chi connectivity index (χ1) is 17.8. The molecule has 3 aromatic carbocycles. The van der Waals surface area contributed by atoms with Gasteiger partial charge >= 0.3 is 0 Å². The lowest BCUT2D eigenvalue weighted by molar-refractivity contribution is -0.129. The van der Waals surface area contributed by atoms with Crippen LogP contribution in [0.15, 0.2) is 83.8 Å². The second kappa shape index (κ2) is 12.2. The van der Waals surface area contributed by atoms with Gasteiger partial charge in [0.2, 0.25) is 21.8 Å². The zero-order valence-electron chi connectivity index (χ0n) is 21.0. The van der Waals surface area contributed by atoms with Crippen LogP contribution in [0.4, 0.5) is 5.69 Å². The normalized spacial score (nSPS) is 14.4. The molecule has 1 aliphatic rings. The van der Waals surface area contributed by atoms with Crippen LogP contribution >= 0.6 is 0 Å². The highest BCUT2D eigenvalue weighted by atomic mass is 32.2. The summed E-state index contributed by atoms with van der Waals surface area (Å²) in [6.45, 7) is 3.49. The molecular weight excluding hydrogens is 486 g/mol. The number of nitrogens with zero attached hydrogens (tertiary/aromatic N) is 1. The summed E-state index contributed by atoms with van der Waals surface area (Å²) in [7, 11) is -3.67. The van der Waals surface area contributed by atoms with E-state index in [9.17, 15) is 18.0 Å². The van der Waals surface area contributed by atoms with E-state index in [4.69, 9.17) is 0 Å². The Morgan fingerprint density at radius 3 is 2.14 bits per heavy atom. The number of sulfonamides is 1. The molecule has 0 aliphatic carbocycles. The molecule has 1 atom stereocenters. The number of amides is 2. The van der Waals surface area contributed by atoms with Gasteiger partial charge < -0.3 is 10.2 Å². The van der Waals surface area contributed by atoms with E-state index >= 15 is 0 Å². The van der Waals surface area contributed by atoms with Crippen molar-refractivity contribution in [1.82, 2.24) is 9.62 Å². The van der Waals surface area contributed by atoms with Crippen molar-refractivity contribution in [3.8, 4) is 0 Å². The molecule has 37 heavy (non-hydrogen) atoms. The predicted octanol–water partition coefficient (Wildman–Crippen LogP) is 4.46. The first kappa shape index (κ1) is 26.6. The molecule has 194 valence electrons. The van der Waals surface area contributed by atoms with E-state index < -0.39 is 10.0 Å². The van der Waals surface area contributed by atoms with Gasteiger partial charge in [0, 0.05) is 31.2 Å². The van der Waals surface area contributed by atoms with Gasteiger partial charge in [-0.1, -0.05) is 54.6 Å². The fraction of sp³-hybridized carbons (Fsp3) is 0.310. The van der Waals surface area contributed by atoms with E-state index in [0.29, 0.717) is 18.5 Å². The number of likely N-dealkylation sites (tertiary alicyclic amines) is 1. The van der Waals surface area contributed by atoms with Gasteiger partial charge in [0.25, 0.3) is 0 Å². The second-order valence-electron chi connectivity index (χ2n) is 9.41. The zero-order valence-corrected chi connectivity index (χ0v) is 21.8. The number of anilines is 1. The molecule has 7 nitrogen and oxygen atoms in total. The smallest absolute Gasteiger partial charge is 0.241 e. The van der Waals surface area contributed by atoms with Gasteiger partial charge in [-0.2, -0.15) is 0 Å². The van der Waals surface area contributed by atoms with Crippen molar-refractivity contribution >= 4 is 27.5 Å². The summed E-state index contributed by atoms with van der Waals surface area (Å²) in [6, 6.07) is 23.0. The third-order valence-corrected chi connectivity index (χ3v) is 8.11. The highest BCUT2D eigenvalue weighted by molar-refractivity contribution is 7.89. The highest BCUT2D eigenvalue weighted by Crippen LogP contribution is 2.18. The van der Waals surface area contributed by atoms with E-state index in [1.807, 2.05) is 66.4 Å². The molecule has 0 aromatic heterocycles. The SMILES string of the molecule is CC(NS(=O)(=O)c1ccc(CCC(=O)Nc2ccc(CC(=O)N3CCCC3)cc2)cc1)c1ccccc1. The number of hydrogen-bond acceptors (Lipinski definition) is 4. The van der Waals surface area contributed by atoms with Crippen LogP contribution in [0.25, 0.3) is 0 Å². The first-order valence-electron chi connectivity index (χ1n) is 12.6. The number of benzene rings is 3. The fourth-order valence-corrected chi connectivity index (χ4v) is 5.62. The average Bonchev–Trinajstić information content (AvgIpc) is 3.45. The maximum absolute atomic E-state index is 12.7. The molecule has 1 unspecified atom stereocenters. The van der Waals surface area contributed by atoms with Crippen LogP contribution in [0.1, 0.15) is 48.9 Å². The first-order valence-corrected chi connectivity index (χ1v) is 14.1. The largest absolute Gasteiger partial charge is 0.342 e. The van der Waals surface area contributed by atoms with Crippen LogP contribution < -0.4 is 10.0 Å². The number of aryl methyl sites for hydroxylation is 1. The maximum Gasteiger partial charge on any atom is 0.241 e. The molecule has 2 N–H and O–H groups in total. The van der Waals surface area contributed by atoms with Crippen molar-refractivity contribution in [3.05, 3.63) is 95.6 Å². The van der Waals surface area contributed by atoms with E-state index in [1.54, 1.807) is 24.3 Å². The van der Waals surface area contributed by atoms with Crippen molar-refractivity contribution in [1.29, 1.82) is 0 Å². The summed E-state index contributed by atoms with van der Waals surface area (Å²) in [5, 5.41) is 2.88. The number of carbonyl (C=O) groups is 2. The Labute approximate surface area is 218 Å². The quantitative estimate of drug-likeness (QED) is 0.413. The van der Waals surface area contributed by atoms with Crippen molar-refractivity contribution < 1.29 is 18.0 Å². The topological polar surface area (TPSA) is 95.6 Å². The Kier molecular flexibility index (Phi) is 8.74. The standard InChI is InChI=1S/C29H33N3O4S/c1-22(25-7-3-2-4-8-25)31-37(35,36)27-16-11-23(12-17-27)13-18-28(33)30-26-14-9-24(10-15-26)21-29(34)32-19-5-6-20-32/h2-4,7-12,14-17,22,31H,5-6,13,18-21H2,1H3,(H,30,33). The van der Waals surface area contributed by atoms with Gasteiger partial charge in [0.1, 0.15) is 0 Å². The second-order valence-corrected chi connectivity index (χ2v) is 11.1. The van der Waals surface area contributed by atoms with Crippen LogP contribution in [0.2, 0.25) is 0 Å². The van der Waals surface area contributed by atoms with Crippen molar-refractivity contribution in [3.63, 3.8) is 0 Å². The highest BCUT2D eigenvalue weighted by Gasteiger charge is 2.19. The molecule has 2 amide bonds. The van der Waals surface area contributed by atoms with Crippen molar-refractivity contribution in [2.45, 2.75) is 50.0 Å². The molecule has 0 bridgehead atoms. The summed E-state index contributed by atoms with van der Waals surface area (Å²) in [5.41, 5.74) is 3.37. The Balaban J connectivity index is 1.24. The lowest BCUT2D eigenvalue weighted by Crippen LogP contribution is -2.29.